The molecule has 3 heterocycles. The molecule has 7 N–H and O–H groups in total. The van der Waals surface area contributed by atoms with Crippen LogP contribution in [0.15, 0.2) is 0 Å². The lowest BCUT2D eigenvalue weighted by Gasteiger charge is -2.48. The molecule has 3 aliphatic heterocycles. The summed E-state index contributed by atoms with van der Waals surface area (Å²) in [4.78, 5) is 16.0. The van der Waals surface area contributed by atoms with Crippen LogP contribution in [0.3, 0.4) is 0 Å². The Hall–Kier alpha value is -1.01. The van der Waals surface area contributed by atoms with E-state index in [4.69, 9.17) is 34.2 Å². The zero-order chi connectivity index (χ0) is 38.1. The van der Waals surface area contributed by atoms with Crippen LogP contribution in [0.2, 0.25) is 0 Å². The molecule has 0 aromatic carbocycles. The molecule has 0 radical (unpaired) electrons. The van der Waals surface area contributed by atoms with Crippen molar-refractivity contribution in [2.24, 2.45) is 23.5 Å². The Balaban J connectivity index is 2.16. The van der Waals surface area contributed by atoms with Crippen molar-refractivity contribution in [3.63, 3.8) is 0 Å². The van der Waals surface area contributed by atoms with Crippen molar-refractivity contribution in [3.8, 4) is 0 Å². The number of rotatable bonds is 6. The van der Waals surface area contributed by atoms with Crippen LogP contribution >= 0.6 is 0 Å². The maximum atomic E-state index is 14.1. The average molecular weight is 721 g/mol. The first kappa shape index (κ1) is 43.4. The molecule has 14 nitrogen and oxygen atoms in total. The van der Waals surface area contributed by atoms with Crippen LogP contribution in [0.5, 0.6) is 0 Å². The summed E-state index contributed by atoms with van der Waals surface area (Å²) in [6, 6.07) is -1.17. The van der Waals surface area contributed by atoms with Crippen molar-refractivity contribution in [3.05, 3.63) is 0 Å². The Morgan fingerprint density at radius 2 is 1.58 bits per heavy atom. The Kier molecular flexibility index (Phi) is 14.7. The summed E-state index contributed by atoms with van der Waals surface area (Å²) in [5.74, 6) is -2.64. The van der Waals surface area contributed by atoms with Gasteiger partial charge in [0, 0.05) is 38.1 Å². The fourth-order valence-corrected chi connectivity index (χ4v) is 8.28. The van der Waals surface area contributed by atoms with Gasteiger partial charge in [0.25, 0.3) is 0 Å². The van der Waals surface area contributed by atoms with E-state index in [1.165, 1.54) is 14.0 Å². The van der Waals surface area contributed by atoms with Crippen LogP contribution in [-0.4, -0.2) is 147 Å². The number of esters is 1. The number of hydrogen-bond acceptors (Lipinski definition) is 14. The molecule has 0 saturated carbocycles. The molecule has 50 heavy (non-hydrogen) atoms. The van der Waals surface area contributed by atoms with Crippen molar-refractivity contribution in [2.45, 2.75) is 185 Å². The van der Waals surface area contributed by atoms with Gasteiger partial charge in [-0.15, -0.1) is 0 Å². The topological polar surface area (TPSA) is 203 Å². The lowest BCUT2D eigenvalue weighted by atomic mass is 9.77. The molecule has 0 aromatic heterocycles. The molecule has 0 unspecified atom stereocenters. The van der Waals surface area contributed by atoms with Gasteiger partial charge in [-0.25, -0.2) is 0 Å². The largest absolute Gasteiger partial charge is 0.459 e. The molecule has 0 aromatic rings. The van der Waals surface area contributed by atoms with Gasteiger partial charge < -0.3 is 64.6 Å². The Labute approximate surface area is 298 Å². The number of aliphatic hydroxyl groups is 5. The molecule has 3 aliphatic rings. The van der Waals surface area contributed by atoms with Crippen LogP contribution in [0.4, 0.5) is 0 Å². The minimum atomic E-state index is -1.80. The lowest BCUT2D eigenvalue weighted by molar-refractivity contribution is -0.315. The first-order valence-corrected chi connectivity index (χ1v) is 18.3. The van der Waals surface area contributed by atoms with Crippen LogP contribution < -0.4 is 5.73 Å². The predicted molar refractivity (Wildman–Crippen MR) is 185 cm³/mol. The van der Waals surface area contributed by atoms with Crippen molar-refractivity contribution in [1.29, 1.82) is 0 Å². The summed E-state index contributed by atoms with van der Waals surface area (Å²) in [5, 5.41) is 57.4. The molecular formula is C36H68N2O12. The van der Waals surface area contributed by atoms with E-state index in [0.29, 0.717) is 13.0 Å². The maximum Gasteiger partial charge on any atom is 0.311 e. The van der Waals surface area contributed by atoms with Crippen LogP contribution in [0.25, 0.3) is 0 Å². The summed E-state index contributed by atoms with van der Waals surface area (Å²) < 4.78 is 37.0. The van der Waals surface area contributed by atoms with Crippen LogP contribution in [0, 0.1) is 17.8 Å². The molecule has 3 fully saturated rings. The summed E-state index contributed by atoms with van der Waals surface area (Å²) in [7, 11) is 3.32. The minimum absolute atomic E-state index is 0.123. The van der Waals surface area contributed by atoms with Gasteiger partial charge in [0.2, 0.25) is 0 Å². The molecule has 3 rings (SSSR count). The number of hydrogen-bond donors (Lipinski definition) is 6. The maximum absolute atomic E-state index is 14.1. The van der Waals surface area contributed by atoms with E-state index in [2.05, 4.69) is 0 Å². The van der Waals surface area contributed by atoms with Crippen molar-refractivity contribution >= 4 is 5.97 Å². The van der Waals surface area contributed by atoms with Crippen molar-refractivity contribution in [1.82, 2.24) is 4.90 Å². The molecule has 0 amide bonds. The highest BCUT2D eigenvalue weighted by molar-refractivity contribution is 5.73. The van der Waals surface area contributed by atoms with Crippen LogP contribution in [-0.2, 0) is 33.2 Å². The standard InChI is InChI=1S/C36H68N2O12/c1-13-25-36(10,44)29(40)22(6)38(11)17-18(2)15-34(8,43)31(50-33-27(39)24(37)14-19(3)46-33)20(4)28(21(5)32(42)48-25)49-26-16-35(9,45-12)30(41)23(7)47-26/h18-31,33,39-41,43-44H,13-17,37H2,1-12H3/t18-,19+,20+,21+,22+,23-,24-,25-,26+,27-,28+,29+,30+,31-,33-,34+,35-,36+/m0/s1. The van der Waals surface area contributed by atoms with Gasteiger partial charge in [-0.05, 0) is 80.7 Å². The van der Waals surface area contributed by atoms with Gasteiger partial charge in [-0.1, -0.05) is 20.8 Å². The number of nitrogens with two attached hydrogens (primary N) is 1. The third-order valence-electron chi connectivity index (χ3n) is 11.6. The Morgan fingerprint density at radius 1 is 0.960 bits per heavy atom. The van der Waals surface area contributed by atoms with Crippen molar-refractivity contribution < 1.29 is 58.7 Å². The summed E-state index contributed by atoms with van der Waals surface area (Å²) in [6.45, 7) is 17.8. The highest BCUT2D eigenvalue weighted by Gasteiger charge is 2.52. The van der Waals surface area contributed by atoms with Gasteiger partial charge in [-0.3, -0.25) is 4.79 Å². The number of carbonyl (C=O) groups excluding carboxylic acids is 1. The van der Waals surface area contributed by atoms with E-state index in [-0.39, 0.29) is 31.3 Å². The quantitative estimate of drug-likeness (QED) is 0.214. The smallest absolute Gasteiger partial charge is 0.311 e. The highest BCUT2D eigenvalue weighted by Crippen LogP contribution is 2.40. The zero-order valence-electron chi connectivity index (χ0n) is 32.3. The fraction of sp³-hybridized carbons (Fsp3) is 0.972. The van der Waals surface area contributed by atoms with E-state index in [1.54, 1.807) is 48.5 Å². The first-order chi connectivity index (χ1) is 23.0. The lowest BCUT2D eigenvalue weighted by Crippen LogP contribution is -2.60. The van der Waals surface area contributed by atoms with Gasteiger partial charge in [0.1, 0.15) is 30.0 Å². The normalized spacial score (nSPS) is 51.0. The second kappa shape index (κ2) is 17.0. The van der Waals surface area contributed by atoms with E-state index in [1.807, 2.05) is 25.8 Å². The highest BCUT2D eigenvalue weighted by atomic mass is 16.7. The average Bonchev–Trinajstić information content (AvgIpc) is 3.03. The number of nitrogens with zero attached hydrogens (tertiary/aromatic N) is 1. The first-order valence-electron chi connectivity index (χ1n) is 18.3. The minimum Gasteiger partial charge on any atom is -0.459 e. The number of carbonyl (C=O) groups is 1. The summed E-state index contributed by atoms with van der Waals surface area (Å²) >= 11 is 0. The molecule has 294 valence electrons. The number of cyclic esters (lactones) is 1. The summed E-state index contributed by atoms with van der Waals surface area (Å²) in [5.41, 5.74) is 1.86. The molecule has 18 atom stereocenters. The van der Waals surface area contributed by atoms with Gasteiger partial charge in [-0.2, -0.15) is 0 Å². The molecule has 0 bridgehead atoms. The fourth-order valence-electron chi connectivity index (χ4n) is 8.28. The molecule has 14 heteroatoms. The van der Waals surface area contributed by atoms with Crippen molar-refractivity contribution in [2.75, 3.05) is 20.7 Å². The SMILES string of the molecule is CC[C@@H]1OC(=O)[C@H](C)[C@H](O[C@@H]2C[C@](C)(OC)[C@H](O)[C@H](C)O2)[C@@H](C)[C@H](O[C@@H]2O[C@H](C)C[C@H](N)[C@@H]2O)[C@](C)(O)C[C@H](C)CN(C)[C@H](C)[C@@H](O)[C@]1(C)O. The van der Waals surface area contributed by atoms with Gasteiger partial charge in [0.05, 0.1) is 41.5 Å². The van der Waals surface area contributed by atoms with E-state index >= 15 is 0 Å². The Bertz CT molecular complexity index is 1100. The molecular weight excluding hydrogens is 652 g/mol. The van der Waals surface area contributed by atoms with Gasteiger partial charge >= 0.3 is 5.97 Å². The van der Waals surface area contributed by atoms with Crippen LogP contribution in [0.1, 0.15) is 94.9 Å². The Morgan fingerprint density at radius 3 is 2.16 bits per heavy atom. The number of likely N-dealkylation sites (N-methyl/N-ethyl adjacent to an activating group) is 1. The zero-order valence-corrected chi connectivity index (χ0v) is 32.3. The van der Waals surface area contributed by atoms with E-state index < -0.39 is 102 Å². The third kappa shape index (κ3) is 9.55. The third-order valence-corrected chi connectivity index (χ3v) is 11.6. The number of ether oxygens (including phenoxy) is 6. The summed E-state index contributed by atoms with van der Waals surface area (Å²) in [6.07, 6.45) is -8.74. The molecule has 3 saturated heterocycles. The molecule has 0 aliphatic carbocycles. The predicted octanol–water partition coefficient (Wildman–Crippen LogP) is 1.30. The number of aliphatic hydroxyl groups excluding tert-OH is 3. The van der Waals surface area contributed by atoms with Gasteiger partial charge in [0.15, 0.2) is 12.6 Å². The number of methoxy groups -OCH3 is 1. The second-order valence-corrected chi connectivity index (χ2v) is 16.3. The second-order valence-electron chi connectivity index (χ2n) is 16.3. The molecule has 0 spiro atoms. The van der Waals surface area contributed by atoms with E-state index in [9.17, 15) is 30.3 Å². The van der Waals surface area contributed by atoms with E-state index in [0.717, 1.165) is 0 Å². The monoisotopic (exact) mass is 720 g/mol.